The third-order valence-electron chi connectivity index (χ3n) is 5.57. The molecule has 1 aliphatic carbocycles. The van der Waals surface area contributed by atoms with Crippen LogP contribution in [0.3, 0.4) is 0 Å². The smallest absolute Gasteiger partial charge is 0.231 e. The number of benzene rings is 2. The van der Waals surface area contributed by atoms with E-state index in [0.29, 0.717) is 37.1 Å². The predicted molar refractivity (Wildman–Crippen MR) is 121 cm³/mol. The summed E-state index contributed by atoms with van der Waals surface area (Å²) in [5.74, 6) is 4.11. The van der Waals surface area contributed by atoms with Gasteiger partial charge in [0.1, 0.15) is 17.3 Å². The van der Waals surface area contributed by atoms with Crippen LogP contribution < -0.4 is 30.4 Å². The fourth-order valence-electron chi connectivity index (χ4n) is 3.75. The number of nitrogens with zero attached hydrogens (tertiary/aromatic N) is 2. The van der Waals surface area contributed by atoms with E-state index >= 15 is 0 Å². The molecule has 1 fully saturated rings. The number of anilines is 2. The highest BCUT2D eigenvalue weighted by Gasteiger charge is 2.25. The van der Waals surface area contributed by atoms with E-state index in [0.717, 1.165) is 39.5 Å². The zero-order valence-electron chi connectivity index (χ0n) is 18.0. The Bertz CT molecular complexity index is 1150. The Morgan fingerprint density at radius 1 is 1.03 bits per heavy atom. The largest absolute Gasteiger partial charge is 0.493 e. The molecular weight excluding hydrogens is 408 g/mol. The van der Waals surface area contributed by atoms with Gasteiger partial charge in [0.05, 0.1) is 18.8 Å². The predicted octanol–water partition coefficient (Wildman–Crippen LogP) is 3.82. The Morgan fingerprint density at radius 3 is 2.56 bits per heavy atom. The third-order valence-corrected chi connectivity index (χ3v) is 5.57. The molecule has 8 nitrogen and oxygen atoms in total. The van der Waals surface area contributed by atoms with Crippen molar-refractivity contribution in [2.75, 3.05) is 31.5 Å². The number of rotatable bonds is 8. The van der Waals surface area contributed by atoms with Gasteiger partial charge in [0.25, 0.3) is 0 Å². The molecule has 0 unspecified atom stereocenters. The van der Waals surface area contributed by atoms with Crippen LogP contribution in [0, 0.1) is 5.92 Å². The van der Waals surface area contributed by atoms with E-state index in [1.165, 1.54) is 12.8 Å². The molecule has 2 heterocycles. The van der Waals surface area contributed by atoms with E-state index in [1.54, 1.807) is 6.20 Å². The van der Waals surface area contributed by atoms with Crippen LogP contribution in [0.25, 0.3) is 11.1 Å². The van der Waals surface area contributed by atoms with Gasteiger partial charge in [-0.15, -0.1) is 0 Å². The zero-order valence-corrected chi connectivity index (χ0v) is 18.0. The van der Waals surface area contributed by atoms with Gasteiger partial charge in [0, 0.05) is 18.2 Å². The summed E-state index contributed by atoms with van der Waals surface area (Å²) in [6, 6.07) is 9.94. The minimum absolute atomic E-state index is 0.160. The second kappa shape index (κ2) is 8.45. The van der Waals surface area contributed by atoms with Gasteiger partial charge in [-0.2, -0.15) is 4.98 Å². The minimum Gasteiger partial charge on any atom is -0.493 e. The number of hydrogen-bond donors (Lipinski definition) is 2. The SMILES string of the molecule is CCOc1cc(Cc2cnc(N)nc2N)cc(OCC2CC2)c1-c1ccc2c(c1)OCO2. The minimum atomic E-state index is 0.160. The van der Waals surface area contributed by atoms with E-state index in [2.05, 4.69) is 9.97 Å². The van der Waals surface area contributed by atoms with Crippen LogP contribution in [0.4, 0.5) is 11.8 Å². The highest BCUT2D eigenvalue weighted by atomic mass is 16.7. The molecule has 0 spiro atoms. The van der Waals surface area contributed by atoms with Gasteiger partial charge in [-0.05, 0) is 61.1 Å². The van der Waals surface area contributed by atoms with Gasteiger partial charge in [0.2, 0.25) is 12.7 Å². The Kier molecular flexibility index (Phi) is 5.34. The van der Waals surface area contributed by atoms with Gasteiger partial charge in [0.15, 0.2) is 11.5 Å². The summed E-state index contributed by atoms with van der Waals surface area (Å²) >= 11 is 0. The molecule has 1 saturated carbocycles. The van der Waals surface area contributed by atoms with Crippen molar-refractivity contribution in [3.63, 3.8) is 0 Å². The van der Waals surface area contributed by atoms with E-state index in [-0.39, 0.29) is 12.7 Å². The van der Waals surface area contributed by atoms with Crippen LogP contribution in [0.2, 0.25) is 0 Å². The molecule has 2 aliphatic rings. The maximum absolute atomic E-state index is 6.32. The van der Waals surface area contributed by atoms with Gasteiger partial charge in [-0.25, -0.2) is 4.98 Å². The first kappa shape index (κ1) is 20.2. The van der Waals surface area contributed by atoms with Gasteiger partial charge < -0.3 is 30.4 Å². The molecule has 1 aliphatic heterocycles. The molecule has 0 radical (unpaired) electrons. The zero-order chi connectivity index (χ0) is 22.1. The maximum atomic E-state index is 6.32. The van der Waals surface area contributed by atoms with E-state index in [1.807, 2.05) is 37.3 Å². The lowest BCUT2D eigenvalue weighted by molar-refractivity contribution is 0.174. The molecule has 0 atom stereocenters. The Labute approximate surface area is 186 Å². The van der Waals surface area contributed by atoms with Crippen molar-refractivity contribution in [2.24, 2.45) is 5.92 Å². The molecule has 32 heavy (non-hydrogen) atoms. The van der Waals surface area contributed by atoms with Gasteiger partial charge in [-0.1, -0.05) is 6.07 Å². The van der Waals surface area contributed by atoms with Gasteiger partial charge >= 0.3 is 0 Å². The average Bonchev–Trinajstić information content (AvgIpc) is 3.49. The maximum Gasteiger partial charge on any atom is 0.231 e. The molecule has 1 aromatic heterocycles. The summed E-state index contributed by atoms with van der Waals surface area (Å²) in [6.07, 6.45) is 4.61. The molecule has 0 saturated heterocycles. The van der Waals surface area contributed by atoms with Crippen LogP contribution in [0.1, 0.15) is 30.9 Å². The van der Waals surface area contributed by atoms with Crippen molar-refractivity contribution in [3.05, 3.63) is 47.7 Å². The number of fused-ring (bicyclic) bond motifs is 1. The lowest BCUT2D eigenvalue weighted by atomic mass is 9.98. The van der Waals surface area contributed by atoms with E-state index in [9.17, 15) is 0 Å². The molecule has 166 valence electrons. The van der Waals surface area contributed by atoms with Crippen molar-refractivity contribution in [1.29, 1.82) is 0 Å². The summed E-state index contributed by atoms with van der Waals surface area (Å²) < 4.78 is 23.4. The van der Waals surface area contributed by atoms with Crippen LogP contribution in [-0.4, -0.2) is 30.0 Å². The van der Waals surface area contributed by atoms with Crippen molar-refractivity contribution in [3.8, 4) is 34.1 Å². The topological polar surface area (TPSA) is 115 Å². The molecule has 5 rings (SSSR count). The number of nitrogen functional groups attached to an aromatic ring is 2. The quantitative estimate of drug-likeness (QED) is 0.550. The lowest BCUT2D eigenvalue weighted by Crippen LogP contribution is -2.06. The Hall–Kier alpha value is -3.68. The summed E-state index contributed by atoms with van der Waals surface area (Å²) in [5.41, 5.74) is 15.3. The molecule has 2 aromatic carbocycles. The molecule has 4 N–H and O–H groups in total. The first-order valence-electron chi connectivity index (χ1n) is 10.8. The lowest BCUT2D eigenvalue weighted by Gasteiger charge is -2.19. The molecule has 3 aromatic rings. The standard InChI is InChI=1S/C24H26N4O4/c1-2-29-20-8-15(7-17-11-27-24(26)28-23(17)25)9-21(30-12-14-3-4-14)22(20)16-5-6-18-19(10-16)32-13-31-18/h5-6,8-11,14H,2-4,7,12-13H2,1H3,(H4,25,26,27,28). The van der Waals surface area contributed by atoms with E-state index in [4.69, 9.17) is 30.4 Å². The highest BCUT2D eigenvalue weighted by Crippen LogP contribution is 2.45. The Morgan fingerprint density at radius 2 is 1.81 bits per heavy atom. The molecule has 0 bridgehead atoms. The monoisotopic (exact) mass is 434 g/mol. The normalized spacial score (nSPS) is 14.4. The van der Waals surface area contributed by atoms with Crippen molar-refractivity contribution in [1.82, 2.24) is 9.97 Å². The third kappa shape index (κ3) is 4.21. The fraction of sp³-hybridized carbons (Fsp3) is 0.333. The van der Waals surface area contributed by atoms with Crippen LogP contribution in [0.15, 0.2) is 36.5 Å². The second-order valence-corrected chi connectivity index (χ2v) is 8.04. The van der Waals surface area contributed by atoms with Crippen molar-refractivity contribution >= 4 is 11.8 Å². The number of ether oxygens (including phenoxy) is 4. The van der Waals surface area contributed by atoms with Crippen molar-refractivity contribution < 1.29 is 18.9 Å². The summed E-state index contributed by atoms with van der Waals surface area (Å²) in [4.78, 5) is 8.16. The first-order valence-corrected chi connectivity index (χ1v) is 10.8. The van der Waals surface area contributed by atoms with Crippen LogP contribution in [0.5, 0.6) is 23.0 Å². The van der Waals surface area contributed by atoms with Gasteiger partial charge in [-0.3, -0.25) is 0 Å². The first-order chi connectivity index (χ1) is 15.6. The fourth-order valence-corrected chi connectivity index (χ4v) is 3.75. The number of aromatic nitrogens is 2. The van der Waals surface area contributed by atoms with Crippen molar-refractivity contribution in [2.45, 2.75) is 26.2 Å². The van der Waals surface area contributed by atoms with Crippen LogP contribution in [-0.2, 0) is 6.42 Å². The number of nitrogens with two attached hydrogens (primary N) is 2. The molecule has 8 heteroatoms. The average molecular weight is 434 g/mol. The second-order valence-electron chi connectivity index (χ2n) is 8.04. The summed E-state index contributed by atoms with van der Waals surface area (Å²) in [7, 11) is 0. The summed E-state index contributed by atoms with van der Waals surface area (Å²) in [6.45, 7) is 3.40. The highest BCUT2D eigenvalue weighted by molar-refractivity contribution is 5.79. The van der Waals surface area contributed by atoms with E-state index < -0.39 is 0 Å². The Balaban J connectivity index is 1.57. The molecular formula is C24H26N4O4. The summed E-state index contributed by atoms with van der Waals surface area (Å²) in [5, 5.41) is 0. The number of hydrogen-bond acceptors (Lipinski definition) is 8. The van der Waals surface area contributed by atoms with Crippen LogP contribution >= 0.6 is 0 Å². The molecule has 0 amide bonds.